The van der Waals surface area contributed by atoms with Crippen molar-refractivity contribution in [3.05, 3.63) is 11.5 Å². The molecule has 0 fully saturated rings. The van der Waals surface area contributed by atoms with Gasteiger partial charge in [-0.3, -0.25) is 9.00 Å². The zero-order valence-corrected chi connectivity index (χ0v) is 8.55. The number of aliphatic carboxylic acids is 1. The van der Waals surface area contributed by atoms with Crippen LogP contribution in [0.25, 0.3) is 0 Å². The molecule has 76 valence electrons. The molecule has 0 aromatic carbocycles. The van der Waals surface area contributed by atoms with Crippen LogP contribution < -0.4 is 5.73 Å². The molecule has 0 rings (SSSR count). The lowest BCUT2D eigenvalue weighted by atomic mass is 10.4. The van der Waals surface area contributed by atoms with E-state index in [0.717, 1.165) is 0 Å². The van der Waals surface area contributed by atoms with Crippen LogP contribution in [0.1, 0.15) is 6.92 Å². The Bertz CT molecular complexity index is 231. The highest BCUT2D eigenvalue weighted by Gasteiger charge is 2.28. The van der Waals surface area contributed by atoms with Crippen molar-refractivity contribution in [3.8, 4) is 0 Å². The topological polar surface area (TPSA) is 101 Å². The van der Waals surface area contributed by atoms with Gasteiger partial charge in [0.1, 0.15) is 10.6 Å². The van der Waals surface area contributed by atoms with Gasteiger partial charge in [0.2, 0.25) is 0 Å². The van der Waals surface area contributed by atoms with Crippen molar-refractivity contribution in [3.63, 3.8) is 0 Å². The van der Waals surface area contributed by atoms with Crippen LogP contribution in [-0.2, 0) is 15.6 Å². The lowest BCUT2D eigenvalue weighted by Gasteiger charge is -2.13. The van der Waals surface area contributed by atoms with Gasteiger partial charge >= 0.3 is 5.97 Å². The molecule has 0 bridgehead atoms. The fourth-order valence-corrected chi connectivity index (χ4v) is 2.19. The monoisotopic (exact) mass is 225 g/mol. The van der Waals surface area contributed by atoms with E-state index < -0.39 is 27.4 Å². The minimum absolute atomic E-state index is 0.197. The summed E-state index contributed by atoms with van der Waals surface area (Å²) in [5.74, 6) is -1.29. The van der Waals surface area contributed by atoms with Gasteiger partial charge in [-0.25, -0.2) is 0 Å². The van der Waals surface area contributed by atoms with E-state index in [1.54, 1.807) is 6.92 Å². The fraction of sp³-hybridized carbons (Fsp3) is 0.500. The van der Waals surface area contributed by atoms with E-state index in [9.17, 15) is 9.00 Å². The second-order valence-corrected chi connectivity index (χ2v) is 4.59. The molecule has 3 atom stereocenters. The number of rotatable bonds is 5. The van der Waals surface area contributed by atoms with E-state index in [2.05, 4.69) is 0 Å². The average molecular weight is 225 g/mol. The Hall–Kier alpha value is -0.370. The van der Waals surface area contributed by atoms with Gasteiger partial charge in [0.05, 0.1) is 10.8 Å². The normalized spacial score (nSPS) is 18.4. The van der Waals surface area contributed by atoms with Crippen LogP contribution >= 0.6 is 12.0 Å². The Morgan fingerprint density at radius 3 is 2.54 bits per heavy atom. The Morgan fingerprint density at radius 2 is 2.23 bits per heavy atom. The standard InChI is InChI=1S/C6H11NO4S2/c1-2-3-13(11)6(12-10)4(7)5(8)9/h2-4,6,10H,7H2,1H3,(H,8,9)/b3-2+/t4-,6?,13?/m1/s1. The van der Waals surface area contributed by atoms with Crippen molar-refractivity contribution >= 4 is 28.8 Å². The molecule has 0 radical (unpaired) electrons. The molecular formula is C6H11NO4S2. The van der Waals surface area contributed by atoms with Crippen LogP contribution in [0, 0.1) is 0 Å². The van der Waals surface area contributed by atoms with Crippen LogP contribution in [-0.4, -0.2) is 30.5 Å². The maximum Gasteiger partial charge on any atom is 0.322 e. The summed E-state index contributed by atoms with van der Waals surface area (Å²) in [5, 5.41) is 9.78. The highest BCUT2D eigenvalue weighted by atomic mass is 32.2. The molecule has 0 saturated carbocycles. The van der Waals surface area contributed by atoms with E-state index >= 15 is 0 Å². The number of nitrogens with two attached hydrogens (primary N) is 1. The molecule has 5 nitrogen and oxygen atoms in total. The number of carboxylic acids is 1. The molecule has 0 aromatic rings. The van der Waals surface area contributed by atoms with Crippen molar-refractivity contribution in [2.45, 2.75) is 17.5 Å². The Kier molecular flexibility index (Phi) is 5.97. The molecule has 0 aliphatic carbocycles. The number of hydrogen-bond acceptors (Lipinski definition) is 5. The van der Waals surface area contributed by atoms with Gasteiger partial charge in [-0.05, 0) is 12.3 Å². The first-order chi connectivity index (χ1) is 6.04. The van der Waals surface area contributed by atoms with E-state index in [-0.39, 0.29) is 12.0 Å². The Morgan fingerprint density at radius 1 is 1.69 bits per heavy atom. The van der Waals surface area contributed by atoms with Crippen molar-refractivity contribution in [2.75, 3.05) is 0 Å². The highest BCUT2D eigenvalue weighted by Crippen LogP contribution is 2.15. The zero-order valence-electron chi connectivity index (χ0n) is 6.91. The lowest BCUT2D eigenvalue weighted by Crippen LogP contribution is -2.41. The molecule has 7 heteroatoms. The van der Waals surface area contributed by atoms with Crippen molar-refractivity contribution in [2.24, 2.45) is 5.73 Å². The molecule has 0 heterocycles. The minimum Gasteiger partial charge on any atom is -0.480 e. The van der Waals surface area contributed by atoms with Gasteiger partial charge in [0.15, 0.2) is 0 Å². The third-order valence-electron chi connectivity index (χ3n) is 1.18. The quantitative estimate of drug-likeness (QED) is 0.578. The van der Waals surface area contributed by atoms with Gasteiger partial charge in [0, 0.05) is 12.0 Å². The number of hydrogen-bond donors (Lipinski definition) is 3. The first kappa shape index (κ1) is 12.6. The summed E-state index contributed by atoms with van der Waals surface area (Å²) in [6.07, 6.45) is 1.51. The molecule has 13 heavy (non-hydrogen) atoms. The predicted octanol–water partition coefficient (Wildman–Crippen LogP) is 0.213. The van der Waals surface area contributed by atoms with E-state index in [1.165, 1.54) is 11.5 Å². The average Bonchev–Trinajstić information content (AvgIpc) is 2.05. The van der Waals surface area contributed by atoms with Gasteiger partial charge in [-0.15, -0.1) is 0 Å². The predicted molar refractivity (Wildman–Crippen MR) is 52.6 cm³/mol. The molecular weight excluding hydrogens is 214 g/mol. The molecule has 2 unspecified atom stereocenters. The highest BCUT2D eigenvalue weighted by molar-refractivity contribution is 8.09. The molecule has 0 spiro atoms. The SMILES string of the molecule is C/C=C/S(=O)C(SO)[C@H](N)C(=O)O. The molecule has 0 saturated heterocycles. The zero-order chi connectivity index (χ0) is 10.4. The van der Waals surface area contributed by atoms with Gasteiger partial charge in [0.25, 0.3) is 0 Å². The van der Waals surface area contributed by atoms with Crippen LogP contribution in [0.2, 0.25) is 0 Å². The minimum atomic E-state index is -1.58. The maximum atomic E-state index is 11.2. The molecule has 0 aliphatic rings. The van der Waals surface area contributed by atoms with Crippen LogP contribution in [0.5, 0.6) is 0 Å². The van der Waals surface area contributed by atoms with Crippen molar-refractivity contribution < 1.29 is 18.7 Å². The van der Waals surface area contributed by atoms with Crippen LogP contribution in [0.3, 0.4) is 0 Å². The molecule has 0 amide bonds. The van der Waals surface area contributed by atoms with E-state index in [4.69, 9.17) is 15.4 Å². The largest absolute Gasteiger partial charge is 0.480 e. The van der Waals surface area contributed by atoms with Crippen LogP contribution in [0.15, 0.2) is 11.5 Å². The first-order valence-electron chi connectivity index (χ1n) is 3.35. The third kappa shape index (κ3) is 3.90. The molecule has 0 aliphatic heterocycles. The second kappa shape index (κ2) is 6.14. The van der Waals surface area contributed by atoms with E-state index in [1.807, 2.05) is 0 Å². The van der Waals surface area contributed by atoms with Gasteiger partial charge in [-0.2, -0.15) is 0 Å². The summed E-state index contributed by atoms with van der Waals surface area (Å²) in [5.41, 5.74) is 5.20. The molecule has 0 aromatic heterocycles. The summed E-state index contributed by atoms with van der Waals surface area (Å²) < 4.78 is 18.9. The summed E-state index contributed by atoms with van der Waals surface area (Å²) in [7, 11) is -1.58. The van der Waals surface area contributed by atoms with E-state index in [0.29, 0.717) is 0 Å². The number of carboxylic acid groups (broad SMARTS) is 1. The van der Waals surface area contributed by atoms with Crippen LogP contribution in [0.4, 0.5) is 0 Å². The molecule has 4 N–H and O–H groups in total. The smallest absolute Gasteiger partial charge is 0.322 e. The lowest BCUT2D eigenvalue weighted by molar-refractivity contribution is -0.138. The summed E-state index contributed by atoms with van der Waals surface area (Å²) in [6.45, 7) is 1.64. The maximum absolute atomic E-state index is 11.2. The summed E-state index contributed by atoms with van der Waals surface area (Å²) in [4.78, 5) is 10.4. The number of carbonyl (C=O) groups is 1. The second-order valence-electron chi connectivity index (χ2n) is 2.14. The third-order valence-corrected chi connectivity index (χ3v) is 3.80. The first-order valence-corrected chi connectivity index (χ1v) is 5.46. The summed E-state index contributed by atoms with van der Waals surface area (Å²) in [6, 6.07) is -1.34. The Labute approximate surface area is 82.7 Å². The van der Waals surface area contributed by atoms with Gasteiger partial charge in [-0.1, -0.05) is 6.08 Å². The fourth-order valence-electron chi connectivity index (χ4n) is 0.580. The van der Waals surface area contributed by atoms with Crippen molar-refractivity contribution in [1.82, 2.24) is 0 Å². The Balaban J connectivity index is 4.50. The van der Waals surface area contributed by atoms with Gasteiger partial charge < -0.3 is 15.4 Å². The number of allylic oxidation sites excluding steroid dienone is 1. The summed E-state index contributed by atoms with van der Waals surface area (Å²) >= 11 is 0.197. The van der Waals surface area contributed by atoms with Crippen molar-refractivity contribution in [1.29, 1.82) is 0 Å².